The average molecular weight is 401 g/mol. The van der Waals surface area contributed by atoms with Gasteiger partial charge in [0.15, 0.2) is 0 Å². The van der Waals surface area contributed by atoms with E-state index in [1.54, 1.807) is 6.20 Å². The number of piperidine rings is 1. The number of rotatable bonds is 4. The summed E-state index contributed by atoms with van der Waals surface area (Å²) in [4.78, 5) is 6.66. The molecule has 1 fully saturated rings. The number of halogens is 1. The Morgan fingerprint density at radius 2 is 2.04 bits per heavy atom. The number of pyridine rings is 1. The van der Waals surface area contributed by atoms with Gasteiger partial charge in [-0.15, -0.1) is 22.6 Å². The molecule has 5 heterocycles. The van der Waals surface area contributed by atoms with E-state index in [2.05, 4.69) is 46.2 Å². The van der Waals surface area contributed by atoms with Crippen molar-refractivity contribution in [2.75, 3.05) is 19.6 Å². The van der Waals surface area contributed by atoms with Crippen LogP contribution < -0.4 is 5.32 Å². The quantitative estimate of drug-likeness (QED) is 0.696. The third-order valence-electron chi connectivity index (χ3n) is 5.59. The van der Waals surface area contributed by atoms with Gasteiger partial charge in [-0.25, -0.2) is 0 Å². The lowest BCUT2D eigenvalue weighted by Gasteiger charge is -2.31. The van der Waals surface area contributed by atoms with Gasteiger partial charge in [-0.05, 0) is 44.1 Å². The Balaban J connectivity index is 0.00000192. The van der Waals surface area contributed by atoms with Gasteiger partial charge in [0.1, 0.15) is 11.6 Å². The highest BCUT2D eigenvalue weighted by atomic mass is 35.5. The highest BCUT2D eigenvalue weighted by Crippen LogP contribution is 2.28. The van der Waals surface area contributed by atoms with E-state index in [0.717, 1.165) is 74.9 Å². The Hall–Kier alpha value is -2.29. The fourth-order valence-electron chi connectivity index (χ4n) is 4.11. The first-order valence-electron chi connectivity index (χ1n) is 9.66. The summed E-state index contributed by atoms with van der Waals surface area (Å²) in [6.45, 7) is 5.89. The maximum Gasteiger partial charge on any atom is 0.147 e. The minimum Gasteiger partial charge on any atom is -0.312 e. The minimum absolute atomic E-state index is 0. The van der Waals surface area contributed by atoms with Crippen molar-refractivity contribution in [3.63, 3.8) is 0 Å². The Kier molecular flexibility index (Phi) is 5.70. The van der Waals surface area contributed by atoms with Crippen LogP contribution in [0.1, 0.15) is 36.1 Å². The van der Waals surface area contributed by atoms with Gasteiger partial charge in [0.2, 0.25) is 0 Å². The number of hydrogen-bond donors (Lipinski definition) is 2. The number of aromatic nitrogens is 6. The molecule has 0 saturated carbocycles. The molecule has 2 aliphatic heterocycles. The molecule has 2 aliphatic rings. The smallest absolute Gasteiger partial charge is 0.147 e. The number of aromatic amines is 1. The van der Waals surface area contributed by atoms with Crippen molar-refractivity contribution in [3.8, 4) is 11.3 Å². The molecule has 0 atom stereocenters. The van der Waals surface area contributed by atoms with Crippen LogP contribution in [0.15, 0.2) is 30.6 Å². The zero-order valence-electron chi connectivity index (χ0n) is 15.7. The third kappa shape index (κ3) is 3.80. The standard InChI is InChI=1S/C19H24N8.ClH/c1-2-15(11-20-5-1)17-10-16(22-23-17)13-26-7-3-14(4-8-26)19-25-24-18-12-21-6-9-27(18)19;/h1-2,5,10-11,14,21H,3-4,6-9,12-13H2,(H,22,23);1H. The summed E-state index contributed by atoms with van der Waals surface area (Å²) in [6.07, 6.45) is 5.90. The summed E-state index contributed by atoms with van der Waals surface area (Å²) in [7, 11) is 0. The van der Waals surface area contributed by atoms with Crippen LogP contribution in [0.2, 0.25) is 0 Å². The summed E-state index contributed by atoms with van der Waals surface area (Å²) in [5.74, 6) is 2.79. The van der Waals surface area contributed by atoms with Crippen LogP contribution in [0.4, 0.5) is 0 Å². The monoisotopic (exact) mass is 400 g/mol. The second kappa shape index (κ2) is 8.38. The van der Waals surface area contributed by atoms with E-state index < -0.39 is 0 Å². The predicted octanol–water partition coefficient (Wildman–Crippen LogP) is 1.97. The number of nitrogens with one attached hydrogen (secondary N) is 2. The predicted molar refractivity (Wildman–Crippen MR) is 108 cm³/mol. The van der Waals surface area contributed by atoms with Crippen LogP contribution in [0.3, 0.4) is 0 Å². The molecule has 28 heavy (non-hydrogen) atoms. The molecule has 0 unspecified atom stereocenters. The normalized spacial score (nSPS) is 17.9. The second-order valence-corrected chi connectivity index (χ2v) is 7.37. The minimum atomic E-state index is 0. The van der Waals surface area contributed by atoms with E-state index in [1.807, 2.05) is 18.3 Å². The highest BCUT2D eigenvalue weighted by molar-refractivity contribution is 5.85. The molecule has 0 spiro atoms. The third-order valence-corrected chi connectivity index (χ3v) is 5.59. The van der Waals surface area contributed by atoms with Gasteiger partial charge in [-0.3, -0.25) is 15.0 Å². The summed E-state index contributed by atoms with van der Waals surface area (Å²) in [5, 5.41) is 19.8. The molecule has 148 valence electrons. The number of H-pyrrole nitrogens is 1. The zero-order valence-corrected chi connectivity index (χ0v) is 16.5. The maximum atomic E-state index is 4.50. The fraction of sp³-hybridized carbons (Fsp3) is 0.474. The van der Waals surface area contributed by atoms with Crippen LogP contribution in [0.25, 0.3) is 11.3 Å². The van der Waals surface area contributed by atoms with Crippen LogP contribution in [0.5, 0.6) is 0 Å². The van der Waals surface area contributed by atoms with Crippen molar-refractivity contribution in [1.29, 1.82) is 0 Å². The molecular weight excluding hydrogens is 376 g/mol. The number of hydrogen-bond acceptors (Lipinski definition) is 6. The van der Waals surface area contributed by atoms with E-state index in [1.165, 1.54) is 5.82 Å². The lowest BCUT2D eigenvalue weighted by atomic mass is 9.95. The van der Waals surface area contributed by atoms with E-state index in [-0.39, 0.29) is 12.4 Å². The first-order valence-corrected chi connectivity index (χ1v) is 9.66. The summed E-state index contributed by atoms with van der Waals surface area (Å²) in [5.41, 5.74) is 3.15. The molecular formula is C19H25ClN8. The number of likely N-dealkylation sites (tertiary alicyclic amines) is 1. The van der Waals surface area contributed by atoms with Gasteiger partial charge < -0.3 is 9.88 Å². The lowest BCUT2D eigenvalue weighted by molar-refractivity contribution is 0.197. The Morgan fingerprint density at radius 1 is 1.14 bits per heavy atom. The molecule has 8 nitrogen and oxygen atoms in total. The summed E-state index contributed by atoms with van der Waals surface area (Å²) < 4.78 is 2.33. The van der Waals surface area contributed by atoms with E-state index in [0.29, 0.717) is 5.92 Å². The van der Waals surface area contributed by atoms with Crippen molar-refractivity contribution >= 4 is 12.4 Å². The first kappa shape index (κ1) is 19.0. The van der Waals surface area contributed by atoms with Gasteiger partial charge in [0, 0.05) is 49.2 Å². The molecule has 1 saturated heterocycles. The Labute approximate surface area is 170 Å². The zero-order chi connectivity index (χ0) is 18.1. The Morgan fingerprint density at radius 3 is 2.86 bits per heavy atom. The number of nitrogens with zero attached hydrogens (tertiary/aromatic N) is 6. The van der Waals surface area contributed by atoms with Gasteiger partial charge in [-0.2, -0.15) is 5.10 Å². The summed E-state index contributed by atoms with van der Waals surface area (Å²) >= 11 is 0. The largest absolute Gasteiger partial charge is 0.312 e. The van der Waals surface area contributed by atoms with Gasteiger partial charge in [0.25, 0.3) is 0 Å². The van der Waals surface area contributed by atoms with Crippen LogP contribution in [-0.2, 0) is 19.6 Å². The second-order valence-electron chi connectivity index (χ2n) is 7.37. The first-order chi connectivity index (χ1) is 13.4. The average Bonchev–Trinajstić information content (AvgIpc) is 3.37. The highest BCUT2D eigenvalue weighted by Gasteiger charge is 2.27. The number of fused-ring (bicyclic) bond motifs is 1. The molecule has 0 aromatic carbocycles. The van der Waals surface area contributed by atoms with Gasteiger partial charge in [0.05, 0.1) is 12.2 Å². The summed E-state index contributed by atoms with van der Waals surface area (Å²) in [6, 6.07) is 6.10. The van der Waals surface area contributed by atoms with Gasteiger partial charge >= 0.3 is 0 Å². The van der Waals surface area contributed by atoms with Crippen molar-refractivity contribution in [2.24, 2.45) is 0 Å². The fourth-order valence-corrected chi connectivity index (χ4v) is 4.11. The molecule has 0 bridgehead atoms. The van der Waals surface area contributed by atoms with E-state index in [4.69, 9.17) is 0 Å². The van der Waals surface area contributed by atoms with Gasteiger partial charge in [-0.1, -0.05) is 0 Å². The lowest BCUT2D eigenvalue weighted by Crippen LogP contribution is -2.34. The van der Waals surface area contributed by atoms with Crippen LogP contribution in [-0.4, -0.2) is 54.5 Å². The molecule has 5 rings (SSSR count). The van der Waals surface area contributed by atoms with E-state index >= 15 is 0 Å². The SMILES string of the molecule is Cl.c1cncc(-c2cc(CN3CCC(c4nnc5n4CCNC5)CC3)[nH]n2)c1. The van der Waals surface area contributed by atoms with E-state index in [9.17, 15) is 0 Å². The molecule has 2 N–H and O–H groups in total. The molecule has 9 heteroatoms. The topological polar surface area (TPSA) is 87.5 Å². The molecule has 0 aliphatic carbocycles. The van der Waals surface area contributed by atoms with Crippen molar-refractivity contribution < 1.29 is 0 Å². The van der Waals surface area contributed by atoms with Crippen molar-refractivity contribution in [1.82, 2.24) is 40.2 Å². The van der Waals surface area contributed by atoms with Crippen molar-refractivity contribution in [3.05, 3.63) is 47.9 Å². The van der Waals surface area contributed by atoms with Crippen LogP contribution in [0, 0.1) is 0 Å². The Bertz CT molecular complexity index is 898. The molecule has 3 aromatic heterocycles. The molecule has 0 amide bonds. The van der Waals surface area contributed by atoms with Crippen molar-refractivity contribution in [2.45, 2.75) is 38.4 Å². The molecule has 0 radical (unpaired) electrons. The van der Waals surface area contributed by atoms with Crippen LogP contribution >= 0.6 is 12.4 Å². The maximum absolute atomic E-state index is 4.50. The molecule has 3 aromatic rings.